The van der Waals surface area contributed by atoms with Crippen LogP contribution < -0.4 is 15.4 Å². The largest absolute Gasteiger partial charge is 0.491 e. The van der Waals surface area contributed by atoms with E-state index in [1.165, 1.54) is 12.1 Å². The maximum Gasteiger partial charge on any atom is 0.255 e. The second-order valence-corrected chi connectivity index (χ2v) is 11.0. The molecule has 2 aromatic heterocycles. The number of nitrogens with one attached hydrogen (secondary N) is 3. The molecule has 0 spiro atoms. The lowest BCUT2D eigenvalue weighted by atomic mass is 10.0. The summed E-state index contributed by atoms with van der Waals surface area (Å²) in [7, 11) is 0. The number of aryl methyl sites for hydroxylation is 1. The number of nitrogens with zero attached hydrogens (tertiary/aromatic N) is 5. The highest BCUT2D eigenvalue weighted by Gasteiger charge is 2.25. The number of carbonyl (C=O) groups excluding carboxylic acids is 3. The summed E-state index contributed by atoms with van der Waals surface area (Å²) in [5.74, 6) is -0.791. The highest BCUT2D eigenvalue weighted by molar-refractivity contribution is 6.00. The molecule has 5 rings (SSSR count). The zero-order chi connectivity index (χ0) is 30.5. The Morgan fingerprint density at radius 3 is 2.79 bits per heavy atom. The van der Waals surface area contributed by atoms with Crippen molar-refractivity contribution in [3.05, 3.63) is 71.1 Å². The fourth-order valence-corrected chi connectivity index (χ4v) is 5.01. The molecule has 1 aliphatic heterocycles. The Morgan fingerprint density at radius 2 is 1.98 bits per heavy atom. The quantitative estimate of drug-likeness (QED) is 0.332. The fraction of sp³-hybridized carbons (Fsp3) is 0.400. The number of benzene rings is 2. The second kappa shape index (κ2) is 13.0. The van der Waals surface area contributed by atoms with E-state index >= 15 is 0 Å². The number of hydrogen-bond donors (Lipinski definition) is 3. The molecule has 4 aromatic rings. The van der Waals surface area contributed by atoms with Crippen molar-refractivity contribution in [3.63, 3.8) is 0 Å². The average molecular weight is 591 g/mol. The van der Waals surface area contributed by atoms with E-state index in [0.29, 0.717) is 37.2 Å². The summed E-state index contributed by atoms with van der Waals surface area (Å²) in [5, 5.41) is 14.0. The molecule has 1 atom stereocenters. The number of rotatable bonds is 3. The van der Waals surface area contributed by atoms with Crippen LogP contribution in [0.3, 0.4) is 0 Å². The molecule has 3 heterocycles. The van der Waals surface area contributed by atoms with Gasteiger partial charge in [-0.25, -0.2) is 14.1 Å². The van der Waals surface area contributed by atoms with Crippen LogP contribution >= 0.6 is 0 Å². The Labute approximate surface area is 248 Å². The van der Waals surface area contributed by atoms with Gasteiger partial charge in [-0.1, -0.05) is 19.1 Å². The molecule has 12 nitrogen and oxygen atoms in total. The van der Waals surface area contributed by atoms with Crippen LogP contribution in [-0.4, -0.2) is 79.9 Å². The highest BCUT2D eigenvalue weighted by Crippen LogP contribution is 2.21. The third-order valence-corrected chi connectivity index (χ3v) is 7.13. The van der Waals surface area contributed by atoms with Crippen LogP contribution in [0.2, 0.25) is 0 Å². The molecular weight excluding hydrogens is 555 g/mol. The molecule has 3 N–H and O–H groups in total. The highest BCUT2D eigenvalue weighted by atomic mass is 19.1. The van der Waals surface area contributed by atoms with Crippen LogP contribution in [0.25, 0.3) is 11.0 Å². The molecule has 0 unspecified atom stereocenters. The molecule has 0 saturated carbocycles. The van der Waals surface area contributed by atoms with E-state index in [1.54, 1.807) is 34.0 Å². The predicted molar refractivity (Wildman–Crippen MR) is 156 cm³/mol. The normalized spacial score (nSPS) is 17.0. The van der Waals surface area contributed by atoms with Gasteiger partial charge < -0.3 is 25.3 Å². The van der Waals surface area contributed by atoms with Gasteiger partial charge in [-0.3, -0.25) is 14.4 Å². The van der Waals surface area contributed by atoms with Gasteiger partial charge in [0, 0.05) is 37.8 Å². The van der Waals surface area contributed by atoms with E-state index in [2.05, 4.69) is 30.9 Å². The van der Waals surface area contributed by atoms with Crippen molar-refractivity contribution in [1.29, 1.82) is 0 Å². The first-order valence-corrected chi connectivity index (χ1v) is 14.3. The lowest BCUT2D eigenvalue weighted by Crippen LogP contribution is -2.49. The van der Waals surface area contributed by atoms with Crippen LogP contribution in [0, 0.1) is 18.7 Å². The van der Waals surface area contributed by atoms with Crippen molar-refractivity contribution in [2.75, 3.05) is 26.2 Å². The lowest BCUT2D eigenvalue weighted by Gasteiger charge is -2.24. The zero-order valence-electron chi connectivity index (χ0n) is 24.4. The summed E-state index contributed by atoms with van der Waals surface area (Å²) in [6, 6.07) is 8.13. The van der Waals surface area contributed by atoms with Crippen LogP contribution in [-0.2, 0) is 17.8 Å². The Morgan fingerprint density at radius 1 is 1.14 bits per heavy atom. The number of halogens is 1. The molecule has 2 bridgehead atoms. The summed E-state index contributed by atoms with van der Waals surface area (Å²) in [6.07, 6.45) is 2.58. The van der Waals surface area contributed by atoms with Gasteiger partial charge in [0.15, 0.2) is 0 Å². The van der Waals surface area contributed by atoms with E-state index in [0.717, 1.165) is 22.9 Å². The standard InChI is InChI=1S/C30H35FN8O4/c1-18(2)14-26-29(41)32-9-11-38(30(42)20-4-6-24-25(15-20)34-19(3)33-24)10-8-22-17-39(37-36-22)12-13-43-27-7-5-21(31)16-23(27)28(40)35-26/h4-7,15-18,26H,8-14H2,1-3H3,(H,32,41)(H,33,34)(H,35,40)/t26-/m1/s1. The van der Waals surface area contributed by atoms with Gasteiger partial charge in [-0.05, 0) is 55.7 Å². The van der Waals surface area contributed by atoms with Crippen molar-refractivity contribution in [2.24, 2.45) is 5.92 Å². The summed E-state index contributed by atoms with van der Waals surface area (Å²) in [4.78, 5) is 49.4. The molecule has 43 heavy (non-hydrogen) atoms. The van der Waals surface area contributed by atoms with E-state index in [-0.39, 0.29) is 42.8 Å². The van der Waals surface area contributed by atoms with Crippen molar-refractivity contribution < 1.29 is 23.5 Å². The summed E-state index contributed by atoms with van der Waals surface area (Å²) < 4.78 is 21.6. The zero-order valence-corrected chi connectivity index (χ0v) is 24.4. The Hall–Kier alpha value is -4.81. The first-order valence-electron chi connectivity index (χ1n) is 14.3. The minimum absolute atomic E-state index is 0.0110. The van der Waals surface area contributed by atoms with Crippen LogP contribution in [0.1, 0.15) is 52.5 Å². The van der Waals surface area contributed by atoms with Crippen LogP contribution in [0.5, 0.6) is 5.75 Å². The minimum Gasteiger partial charge on any atom is -0.491 e. The van der Waals surface area contributed by atoms with E-state index in [1.807, 2.05) is 20.8 Å². The van der Waals surface area contributed by atoms with Crippen molar-refractivity contribution in [1.82, 2.24) is 40.5 Å². The molecule has 0 aliphatic carbocycles. The summed E-state index contributed by atoms with van der Waals surface area (Å²) >= 11 is 0. The Kier molecular flexibility index (Phi) is 8.98. The third kappa shape index (κ3) is 7.34. The molecule has 3 amide bonds. The number of fused-ring (bicyclic) bond motifs is 4. The van der Waals surface area contributed by atoms with E-state index < -0.39 is 23.7 Å². The summed E-state index contributed by atoms with van der Waals surface area (Å²) in [5.41, 5.74) is 2.69. The van der Waals surface area contributed by atoms with Crippen molar-refractivity contribution >= 4 is 28.8 Å². The number of carbonyl (C=O) groups is 3. The number of aromatic nitrogens is 5. The molecule has 1 aliphatic rings. The van der Waals surface area contributed by atoms with Crippen LogP contribution in [0.4, 0.5) is 4.39 Å². The monoisotopic (exact) mass is 590 g/mol. The number of hydrogen-bond acceptors (Lipinski definition) is 7. The van der Waals surface area contributed by atoms with Gasteiger partial charge >= 0.3 is 0 Å². The molecule has 13 heteroatoms. The maximum absolute atomic E-state index is 14.1. The molecule has 0 fully saturated rings. The molecule has 2 aromatic carbocycles. The average Bonchev–Trinajstić information content (AvgIpc) is 3.58. The first-order chi connectivity index (χ1) is 20.7. The molecule has 0 radical (unpaired) electrons. The fourth-order valence-electron chi connectivity index (χ4n) is 5.01. The van der Waals surface area contributed by atoms with Gasteiger partial charge in [0.1, 0.15) is 30.0 Å². The Bertz CT molecular complexity index is 1630. The molecule has 226 valence electrons. The van der Waals surface area contributed by atoms with Gasteiger partial charge in [-0.15, -0.1) is 5.10 Å². The van der Waals surface area contributed by atoms with Gasteiger partial charge in [0.25, 0.3) is 11.8 Å². The first kappa shape index (κ1) is 29.7. The number of ether oxygens (including phenoxy) is 1. The molecular formula is C30H35FN8O4. The number of amides is 3. The van der Waals surface area contributed by atoms with Crippen molar-refractivity contribution in [3.8, 4) is 5.75 Å². The maximum atomic E-state index is 14.1. The Balaban J connectivity index is 1.40. The second-order valence-electron chi connectivity index (χ2n) is 11.0. The number of H-pyrrole nitrogens is 1. The minimum atomic E-state index is -0.873. The predicted octanol–water partition coefficient (Wildman–Crippen LogP) is 2.64. The topological polar surface area (TPSA) is 147 Å². The molecule has 0 saturated heterocycles. The SMILES string of the molecule is Cc1nc2ccc(C(=O)N3CCNC(=O)[C@@H](CC(C)C)NC(=O)c4cc(F)ccc4OCCn4cc(nn4)CC3)cc2[nH]1. The van der Waals surface area contributed by atoms with Crippen LogP contribution in [0.15, 0.2) is 42.6 Å². The van der Waals surface area contributed by atoms with Gasteiger partial charge in [0.05, 0.1) is 28.8 Å². The number of imidazole rings is 1. The van der Waals surface area contributed by atoms with Gasteiger partial charge in [-0.2, -0.15) is 0 Å². The third-order valence-electron chi connectivity index (χ3n) is 7.13. The van der Waals surface area contributed by atoms with Gasteiger partial charge in [0.2, 0.25) is 5.91 Å². The lowest BCUT2D eigenvalue weighted by molar-refractivity contribution is -0.123. The van der Waals surface area contributed by atoms with E-state index in [9.17, 15) is 18.8 Å². The smallest absolute Gasteiger partial charge is 0.255 e. The van der Waals surface area contributed by atoms with Crippen molar-refractivity contribution in [2.45, 2.75) is 46.2 Å². The van der Waals surface area contributed by atoms with E-state index in [4.69, 9.17) is 4.74 Å². The summed E-state index contributed by atoms with van der Waals surface area (Å²) in [6.45, 7) is 6.92. The number of aromatic amines is 1.